The van der Waals surface area contributed by atoms with Crippen molar-refractivity contribution < 1.29 is 19.1 Å². The van der Waals surface area contributed by atoms with Gasteiger partial charge in [-0.05, 0) is 24.8 Å². The Morgan fingerprint density at radius 1 is 0.633 bits per heavy atom. The van der Waals surface area contributed by atoms with E-state index in [-0.39, 0.29) is 11.9 Å². The summed E-state index contributed by atoms with van der Waals surface area (Å²) < 4.78 is 10.6. The van der Waals surface area contributed by atoms with Gasteiger partial charge in [0, 0.05) is 19.3 Å². The summed E-state index contributed by atoms with van der Waals surface area (Å²) in [6.45, 7) is 3.21. The summed E-state index contributed by atoms with van der Waals surface area (Å²) in [5.74, 6) is -0.265. The van der Waals surface area contributed by atoms with Gasteiger partial charge in [-0.3, -0.25) is 9.59 Å². The maximum absolute atomic E-state index is 11.7. The normalized spacial score (nSPS) is 10.7. The summed E-state index contributed by atoms with van der Waals surface area (Å²) in [5.41, 5.74) is 1.17. The monoisotopic (exact) mass is 418 g/mol. The first-order valence-corrected chi connectivity index (χ1v) is 12.1. The minimum absolute atomic E-state index is 0.111. The van der Waals surface area contributed by atoms with Crippen LogP contribution in [0, 0.1) is 0 Å². The lowest BCUT2D eigenvalue weighted by molar-refractivity contribution is -0.144. The quantitative estimate of drug-likeness (QED) is 0.183. The Bertz CT molecular complexity index is 541. The zero-order valence-electron chi connectivity index (χ0n) is 19.0. The van der Waals surface area contributed by atoms with Crippen LogP contribution >= 0.6 is 0 Å². The van der Waals surface area contributed by atoms with Crippen LogP contribution < -0.4 is 0 Å². The van der Waals surface area contributed by atoms with Gasteiger partial charge >= 0.3 is 11.9 Å². The van der Waals surface area contributed by atoms with Crippen LogP contribution in [0.5, 0.6) is 0 Å². The van der Waals surface area contributed by atoms with Gasteiger partial charge in [0.15, 0.2) is 0 Å². The van der Waals surface area contributed by atoms with Crippen molar-refractivity contribution >= 4 is 11.9 Å². The Kier molecular flexibility index (Phi) is 16.7. The number of benzene rings is 1. The van der Waals surface area contributed by atoms with E-state index in [4.69, 9.17) is 9.47 Å². The fourth-order valence-corrected chi connectivity index (χ4v) is 3.39. The average molecular weight is 419 g/mol. The van der Waals surface area contributed by atoms with Crippen LogP contribution in [-0.2, 0) is 25.5 Å². The smallest absolute Gasteiger partial charge is 0.305 e. The third kappa shape index (κ3) is 16.0. The molecule has 1 aromatic rings. The molecule has 30 heavy (non-hydrogen) atoms. The fraction of sp³-hybridized carbons (Fsp3) is 0.692. The van der Waals surface area contributed by atoms with E-state index < -0.39 is 0 Å². The van der Waals surface area contributed by atoms with Gasteiger partial charge in [-0.15, -0.1) is 0 Å². The van der Waals surface area contributed by atoms with E-state index in [1.807, 2.05) is 30.3 Å². The molecule has 0 heterocycles. The Balaban J connectivity index is 1.83. The van der Waals surface area contributed by atoms with Gasteiger partial charge in [0.1, 0.15) is 0 Å². The van der Waals surface area contributed by atoms with Crippen molar-refractivity contribution in [1.82, 2.24) is 0 Å². The molecule has 0 amide bonds. The van der Waals surface area contributed by atoms with Gasteiger partial charge in [0.2, 0.25) is 0 Å². The zero-order chi connectivity index (χ0) is 21.7. The standard InChI is InChI=1S/C26H42O4/c1-2-3-4-5-6-7-8-9-16-22-29-25(27)19-14-11-15-20-26(28)30-23-21-24-17-12-10-13-18-24/h10,12-13,17-18H,2-9,11,14-16,19-23H2,1H3. The lowest BCUT2D eigenvalue weighted by Crippen LogP contribution is -2.08. The van der Waals surface area contributed by atoms with Gasteiger partial charge in [-0.25, -0.2) is 0 Å². The van der Waals surface area contributed by atoms with Gasteiger partial charge in [0.25, 0.3) is 0 Å². The molecule has 0 fully saturated rings. The van der Waals surface area contributed by atoms with Gasteiger partial charge < -0.3 is 9.47 Å². The predicted molar refractivity (Wildman–Crippen MR) is 122 cm³/mol. The number of ether oxygens (including phenoxy) is 2. The van der Waals surface area contributed by atoms with Gasteiger partial charge in [-0.2, -0.15) is 0 Å². The molecule has 0 radical (unpaired) electrons. The number of hydrogen-bond donors (Lipinski definition) is 0. The number of rotatable bonds is 19. The predicted octanol–water partition coefficient (Wildman–Crippen LogP) is 6.80. The number of unbranched alkanes of at least 4 members (excludes halogenated alkanes) is 10. The molecule has 0 unspecified atom stereocenters. The summed E-state index contributed by atoms with van der Waals surface area (Å²) in [5, 5.41) is 0. The van der Waals surface area contributed by atoms with Crippen LogP contribution in [0.4, 0.5) is 0 Å². The molecule has 0 saturated heterocycles. The highest BCUT2D eigenvalue weighted by atomic mass is 16.5. The van der Waals surface area contributed by atoms with Crippen LogP contribution in [0.2, 0.25) is 0 Å². The molecule has 0 aromatic heterocycles. The van der Waals surface area contributed by atoms with E-state index in [0.717, 1.165) is 38.5 Å². The highest BCUT2D eigenvalue weighted by molar-refractivity contribution is 5.69. The van der Waals surface area contributed by atoms with E-state index in [1.165, 1.54) is 50.5 Å². The molecule has 4 heteroatoms. The highest BCUT2D eigenvalue weighted by Crippen LogP contribution is 2.10. The van der Waals surface area contributed by atoms with Crippen molar-refractivity contribution in [1.29, 1.82) is 0 Å². The molecule has 0 aliphatic rings. The molecular formula is C26H42O4. The second-order valence-electron chi connectivity index (χ2n) is 8.07. The minimum atomic E-state index is -0.154. The largest absolute Gasteiger partial charge is 0.466 e. The van der Waals surface area contributed by atoms with E-state index in [9.17, 15) is 9.59 Å². The van der Waals surface area contributed by atoms with Crippen molar-refractivity contribution in [2.75, 3.05) is 13.2 Å². The molecule has 0 N–H and O–H groups in total. The molecule has 0 bridgehead atoms. The lowest BCUT2D eigenvalue weighted by Gasteiger charge is -2.06. The molecule has 4 nitrogen and oxygen atoms in total. The summed E-state index contributed by atoms with van der Waals surface area (Å²) in [4.78, 5) is 23.5. The SMILES string of the molecule is CCCCCCCCCCCOC(=O)CCCCCC(=O)OCCc1ccccc1. The second kappa shape index (κ2) is 19.1. The molecule has 0 saturated carbocycles. The molecule has 170 valence electrons. The van der Waals surface area contributed by atoms with Crippen molar-refractivity contribution in [3.63, 3.8) is 0 Å². The first-order valence-electron chi connectivity index (χ1n) is 12.1. The maximum atomic E-state index is 11.7. The van der Waals surface area contributed by atoms with Crippen molar-refractivity contribution in [2.45, 2.75) is 103 Å². The Morgan fingerprint density at radius 2 is 1.13 bits per heavy atom. The van der Waals surface area contributed by atoms with E-state index in [0.29, 0.717) is 26.1 Å². The third-order valence-corrected chi connectivity index (χ3v) is 5.27. The van der Waals surface area contributed by atoms with E-state index in [2.05, 4.69) is 6.92 Å². The summed E-state index contributed by atoms with van der Waals surface area (Å²) in [6.07, 6.45) is 15.4. The number of carbonyl (C=O) groups excluding carboxylic acids is 2. The Morgan fingerprint density at radius 3 is 1.73 bits per heavy atom. The summed E-state index contributed by atoms with van der Waals surface area (Å²) in [7, 11) is 0. The highest BCUT2D eigenvalue weighted by Gasteiger charge is 2.05. The van der Waals surface area contributed by atoms with Crippen LogP contribution in [0.25, 0.3) is 0 Å². The lowest BCUT2D eigenvalue weighted by atomic mass is 10.1. The van der Waals surface area contributed by atoms with E-state index in [1.54, 1.807) is 0 Å². The summed E-state index contributed by atoms with van der Waals surface area (Å²) >= 11 is 0. The average Bonchev–Trinajstić information content (AvgIpc) is 2.75. The number of esters is 2. The van der Waals surface area contributed by atoms with Crippen molar-refractivity contribution in [2.24, 2.45) is 0 Å². The van der Waals surface area contributed by atoms with Crippen LogP contribution in [0.1, 0.15) is 102 Å². The van der Waals surface area contributed by atoms with Crippen molar-refractivity contribution in [3.8, 4) is 0 Å². The molecule has 1 aromatic carbocycles. The maximum Gasteiger partial charge on any atom is 0.305 e. The topological polar surface area (TPSA) is 52.6 Å². The second-order valence-corrected chi connectivity index (χ2v) is 8.07. The number of carbonyl (C=O) groups is 2. The first-order chi connectivity index (χ1) is 14.7. The van der Waals surface area contributed by atoms with Crippen LogP contribution in [-0.4, -0.2) is 25.2 Å². The molecule has 1 rings (SSSR count). The van der Waals surface area contributed by atoms with Crippen LogP contribution in [0.3, 0.4) is 0 Å². The third-order valence-electron chi connectivity index (χ3n) is 5.27. The molecule has 0 aliphatic heterocycles. The molecule has 0 spiro atoms. The fourth-order valence-electron chi connectivity index (χ4n) is 3.39. The summed E-state index contributed by atoms with van der Waals surface area (Å²) in [6, 6.07) is 10.0. The zero-order valence-corrected chi connectivity index (χ0v) is 19.0. The molecule has 0 atom stereocenters. The molecular weight excluding hydrogens is 376 g/mol. The van der Waals surface area contributed by atoms with Gasteiger partial charge in [0.05, 0.1) is 13.2 Å². The molecule has 0 aliphatic carbocycles. The van der Waals surface area contributed by atoms with E-state index >= 15 is 0 Å². The minimum Gasteiger partial charge on any atom is -0.466 e. The Hall–Kier alpha value is -1.84. The van der Waals surface area contributed by atoms with Gasteiger partial charge in [-0.1, -0.05) is 95.0 Å². The number of hydrogen-bond acceptors (Lipinski definition) is 4. The first kappa shape index (κ1) is 26.2. The Labute approximate surface area is 183 Å². The van der Waals surface area contributed by atoms with Crippen molar-refractivity contribution in [3.05, 3.63) is 35.9 Å². The van der Waals surface area contributed by atoms with Crippen LogP contribution in [0.15, 0.2) is 30.3 Å².